The predicted molar refractivity (Wildman–Crippen MR) is 52.1 cm³/mol. The van der Waals surface area contributed by atoms with Crippen LogP contribution in [0.3, 0.4) is 0 Å². The molecule has 4 heteroatoms. The molecule has 1 atom stereocenters. The number of aryl methyl sites for hydroxylation is 1. The van der Waals surface area contributed by atoms with Gasteiger partial charge in [0, 0.05) is 18.5 Å². The Balaban J connectivity index is 2.24. The summed E-state index contributed by atoms with van der Waals surface area (Å²) in [5, 5.41) is 0. The lowest BCUT2D eigenvalue weighted by Crippen LogP contribution is -2.41. The summed E-state index contributed by atoms with van der Waals surface area (Å²) in [6, 6.07) is 2.05. The van der Waals surface area contributed by atoms with Crippen LogP contribution in [-0.2, 0) is 4.79 Å². The minimum Gasteiger partial charge on any atom is -0.287 e. The number of hydrazine groups is 1. The standard InChI is InChI=1S/C10H11N3O/c1-7-4-8(6-11-5-7)9-2-3-10(14)13-12-9/h2-6,9,12H,1H3,(H,13,14). The molecule has 2 heterocycles. The molecule has 2 N–H and O–H groups in total. The first kappa shape index (κ1) is 8.90. The van der Waals surface area contributed by atoms with E-state index in [9.17, 15) is 4.79 Å². The molecule has 1 amide bonds. The second-order valence-corrected chi connectivity index (χ2v) is 3.27. The Morgan fingerprint density at radius 1 is 1.43 bits per heavy atom. The van der Waals surface area contributed by atoms with Gasteiger partial charge in [0.1, 0.15) is 0 Å². The van der Waals surface area contributed by atoms with Crippen LogP contribution in [0.2, 0.25) is 0 Å². The van der Waals surface area contributed by atoms with E-state index in [1.54, 1.807) is 12.4 Å². The predicted octanol–water partition coefficient (Wildman–Crippen LogP) is 0.622. The molecule has 0 aliphatic carbocycles. The number of carbonyl (C=O) groups excluding carboxylic acids is 1. The summed E-state index contributed by atoms with van der Waals surface area (Å²) in [7, 11) is 0. The van der Waals surface area contributed by atoms with Crippen LogP contribution < -0.4 is 10.9 Å². The molecule has 0 spiro atoms. The highest BCUT2D eigenvalue weighted by atomic mass is 16.2. The number of hydrogen-bond donors (Lipinski definition) is 2. The molecule has 1 unspecified atom stereocenters. The third-order valence-corrected chi connectivity index (χ3v) is 2.05. The summed E-state index contributed by atoms with van der Waals surface area (Å²) >= 11 is 0. The van der Waals surface area contributed by atoms with Gasteiger partial charge in [-0.2, -0.15) is 0 Å². The van der Waals surface area contributed by atoms with E-state index in [0.717, 1.165) is 11.1 Å². The van der Waals surface area contributed by atoms with E-state index >= 15 is 0 Å². The van der Waals surface area contributed by atoms with Crippen molar-refractivity contribution in [2.45, 2.75) is 13.0 Å². The number of aromatic nitrogens is 1. The zero-order chi connectivity index (χ0) is 9.97. The summed E-state index contributed by atoms with van der Waals surface area (Å²) < 4.78 is 0. The van der Waals surface area contributed by atoms with E-state index in [1.165, 1.54) is 6.08 Å². The molecule has 1 aromatic rings. The van der Waals surface area contributed by atoms with Crippen molar-refractivity contribution in [1.82, 2.24) is 15.8 Å². The minimum atomic E-state index is -0.123. The van der Waals surface area contributed by atoms with Crippen LogP contribution in [0, 0.1) is 6.92 Å². The number of nitrogens with one attached hydrogen (secondary N) is 2. The zero-order valence-corrected chi connectivity index (χ0v) is 7.82. The minimum absolute atomic E-state index is 0.0140. The molecule has 2 rings (SSSR count). The van der Waals surface area contributed by atoms with Crippen LogP contribution in [0.1, 0.15) is 17.2 Å². The third-order valence-electron chi connectivity index (χ3n) is 2.05. The number of amides is 1. The van der Waals surface area contributed by atoms with Gasteiger partial charge in [0.25, 0.3) is 5.91 Å². The first-order chi connectivity index (χ1) is 6.75. The molecule has 0 aromatic carbocycles. The average molecular weight is 189 g/mol. The monoisotopic (exact) mass is 189 g/mol. The van der Waals surface area contributed by atoms with Crippen molar-refractivity contribution in [3.8, 4) is 0 Å². The number of nitrogens with zero attached hydrogens (tertiary/aromatic N) is 1. The second-order valence-electron chi connectivity index (χ2n) is 3.27. The first-order valence-electron chi connectivity index (χ1n) is 4.41. The summed E-state index contributed by atoms with van der Waals surface area (Å²) in [4.78, 5) is 14.9. The number of rotatable bonds is 1. The van der Waals surface area contributed by atoms with E-state index in [4.69, 9.17) is 0 Å². The molecule has 14 heavy (non-hydrogen) atoms. The average Bonchev–Trinajstić information content (AvgIpc) is 2.19. The SMILES string of the molecule is Cc1cncc(C2C=CC(=O)NN2)c1. The molecule has 1 aliphatic rings. The lowest BCUT2D eigenvalue weighted by atomic mass is 10.1. The fourth-order valence-corrected chi connectivity index (χ4v) is 1.37. The topological polar surface area (TPSA) is 54.0 Å². The van der Waals surface area contributed by atoms with Crippen molar-refractivity contribution in [3.63, 3.8) is 0 Å². The van der Waals surface area contributed by atoms with Crippen molar-refractivity contribution in [2.24, 2.45) is 0 Å². The van der Waals surface area contributed by atoms with Crippen LogP contribution >= 0.6 is 0 Å². The van der Waals surface area contributed by atoms with E-state index in [0.29, 0.717) is 0 Å². The molecule has 1 aliphatic heterocycles. The van der Waals surface area contributed by atoms with Crippen LogP contribution in [0.25, 0.3) is 0 Å². The van der Waals surface area contributed by atoms with Gasteiger partial charge in [0.05, 0.1) is 6.04 Å². The van der Waals surface area contributed by atoms with Crippen molar-refractivity contribution in [1.29, 1.82) is 0 Å². The highest BCUT2D eigenvalue weighted by Crippen LogP contribution is 2.15. The number of pyridine rings is 1. The molecule has 0 radical (unpaired) electrons. The van der Waals surface area contributed by atoms with Gasteiger partial charge in [-0.15, -0.1) is 0 Å². The summed E-state index contributed by atoms with van der Waals surface area (Å²) in [5.74, 6) is -0.123. The van der Waals surface area contributed by atoms with Crippen LogP contribution in [0.15, 0.2) is 30.6 Å². The van der Waals surface area contributed by atoms with E-state index < -0.39 is 0 Å². The van der Waals surface area contributed by atoms with Crippen LogP contribution in [0.4, 0.5) is 0 Å². The van der Waals surface area contributed by atoms with Crippen molar-refractivity contribution < 1.29 is 4.79 Å². The van der Waals surface area contributed by atoms with E-state index in [-0.39, 0.29) is 11.9 Å². The molecule has 4 nitrogen and oxygen atoms in total. The largest absolute Gasteiger partial charge is 0.287 e. The fraction of sp³-hybridized carbons (Fsp3) is 0.200. The lowest BCUT2D eigenvalue weighted by molar-refractivity contribution is -0.118. The second kappa shape index (κ2) is 3.59. The first-order valence-corrected chi connectivity index (χ1v) is 4.41. The Labute approximate surface area is 82.0 Å². The molecule has 0 fully saturated rings. The highest BCUT2D eigenvalue weighted by molar-refractivity contribution is 5.88. The maximum atomic E-state index is 10.8. The van der Waals surface area contributed by atoms with Crippen molar-refractivity contribution >= 4 is 5.91 Å². The van der Waals surface area contributed by atoms with Gasteiger partial charge in [-0.1, -0.05) is 12.1 Å². The summed E-state index contributed by atoms with van der Waals surface area (Å²) in [6.07, 6.45) is 6.92. The molecule has 1 aromatic heterocycles. The summed E-state index contributed by atoms with van der Waals surface area (Å²) in [5.41, 5.74) is 7.58. The molecular formula is C10H11N3O. The van der Waals surface area contributed by atoms with Crippen molar-refractivity contribution in [2.75, 3.05) is 0 Å². The Morgan fingerprint density at radius 3 is 2.93 bits per heavy atom. The highest BCUT2D eigenvalue weighted by Gasteiger charge is 2.13. The van der Waals surface area contributed by atoms with Crippen LogP contribution in [0.5, 0.6) is 0 Å². The van der Waals surface area contributed by atoms with Crippen LogP contribution in [-0.4, -0.2) is 10.9 Å². The maximum Gasteiger partial charge on any atom is 0.257 e. The van der Waals surface area contributed by atoms with Gasteiger partial charge in [0.15, 0.2) is 0 Å². The summed E-state index contributed by atoms with van der Waals surface area (Å²) in [6.45, 7) is 1.99. The number of carbonyl (C=O) groups is 1. The Kier molecular flexibility index (Phi) is 2.28. The Bertz CT molecular complexity index is 387. The van der Waals surface area contributed by atoms with Gasteiger partial charge in [0.2, 0.25) is 0 Å². The molecule has 0 saturated heterocycles. The number of hydrogen-bond acceptors (Lipinski definition) is 3. The van der Waals surface area contributed by atoms with Gasteiger partial charge in [-0.3, -0.25) is 15.2 Å². The zero-order valence-electron chi connectivity index (χ0n) is 7.82. The smallest absolute Gasteiger partial charge is 0.257 e. The maximum absolute atomic E-state index is 10.8. The Hall–Kier alpha value is -1.68. The normalized spacial score (nSPS) is 20.6. The van der Waals surface area contributed by atoms with Gasteiger partial charge < -0.3 is 0 Å². The quantitative estimate of drug-likeness (QED) is 0.681. The third kappa shape index (κ3) is 1.80. The fourth-order valence-electron chi connectivity index (χ4n) is 1.37. The Morgan fingerprint density at radius 2 is 2.29 bits per heavy atom. The van der Waals surface area contributed by atoms with E-state index in [1.807, 2.05) is 19.1 Å². The van der Waals surface area contributed by atoms with Gasteiger partial charge >= 0.3 is 0 Å². The molecule has 72 valence electrons. The molecule has 0 saturated carbocycles. The lowest BCUT2D eigenvalue weighted by Gasteiger charge is -2.19. The van der Waals surface area contributed by atoms with Crippen molar-refractivity contribution in [3.05, 3.63) is 41.7 Å². The molecular weight excluding hydrogens is 178 g/mol. The van der Waals surface area contributed by atoms with Gasteiger partial charge in [-0.25, -0.2) is 5.43 Å². The molecule has 0 bridgehead atoms. The van der Waals surface area contributed by atoms with E-state index in [2.05, 4.69) is 15.8 Å². The van der Waals surface area contributed by atoms with Gasteiger partial charge in [-0.05, 0) is 18.1 Å².